The molecule has 0 saturated carbocycles. The Morgan fingerprint density at radius 2 is 1.92 bits per heavy atom. The van der Waals surface area contributed by atoms with Crippen molar-refractivity contribution in [2.75, 3.05) is 4.72 Å². The molecular weight excluding hydrogens is 330 g/mol. The standard InChI is InChI=1S/C20H23N3OS/c1-12(2)22-20(24)15-6-5-7-16(10-15)25-23-17-9-8-13(3)18-14(4)11-21-19(17)18/h5-12,21,23H,1-4H3,(H,22,24). The second-order valence-electron chi connectivity index (χ2n) is 6.51. The maximum atomic E-state index is 12.2. The molecule has 1 aromatic heterocycles. The van der Waals surface area contributed by atoms with Crippen molar-refractivity contribution in [3.63, 3.8) is 0 Å². The number of aromatic nitrogens is 1. The summed E-state index contributed by atoms with van der Waals surface area (Å²) in [6.45, 7) is 8.15. The number of aryl methyl sites for hydroxylation is 2. The normalized spacial score (nSPS) is 11.1. The second-order valence-corrected chi connectivity index (χ2v) is 7.39. The number of nitrogens with one attached hydrogen (secondary N) is 3. The number of hydrogen-bond donors (Lipinski definition) is 3. The molecule has 0 saturated heterocycles. The zero-order valence-corrected chi connectivity index (χ0v) is 15.8. The minimum atomic E-state index is -0.0461. The number of anilines is 1. The fourth-order valence-electron chi connectivity index (χ4n) is 2.86. The van der Waals surface area contributed by atoms with Crippen molar-refractivity contribution in [3.05, 3.63) is 59.3 Å². The Bertz CT molecular complexity index is 914. The third-order valence-corrected chi connectivity index (χ3v) is 4.85. The summed E-state index contributed by atoms with van der Waals surface area (Å²) in [7, 11) is 0. The van der Waals surface area contributed by atoms with Gasteiger partial charge in [0.25, 0.3) is 5.91 Å². The first-order valence-electron chi connectivity index (χ1n) is 8.37. The van der Waals surface area contributed by atoms with Crippen LogP contribution in [0.5, 0.6) is 0 Å². The average Bonchev–Trinajstić information content (AvgIpc) is 2.97. The van der Waals surface area contributed by atoms with Gasteiger partial charge in [-0.1, -0.05) is 12.1 Å². The Balaban J connectivity index is 1.79. The highest BCUT2D eigenvalue weighted by Gasteiger charge is 2.10. The minimum Gasteiger partial charge on any atom is -0.359 e. The van der Waals surface area contributed by atoms with Gasteiger partial charge in [-0.05, 0) is 75.0 Å². The summed E-state index contributed by atoms with van der Waals surface area (Å²) in [5.41, 5.74) is 5.32. The number of aromatic amines is 1. The Morgan fingerprint density at radius 1 is 1.12 bits per heavy atom. The van der Waals surface area contributed by atoms with Crippen LogP contribution in [0.25, 0.3) is 10.9 Å². The van der Waals surface area contributed by atoms with Crippen LogP contribution in [-0.4, -0.2) is 16.9 Å². The smallest absolute Gasteiger partial charge is 0.251 e. The van der Waals surface area contributed by atoms with E-state index in [1.807, 2.05) is 44.3 Å². The molecule has 25 heavy (non-hydrogen) atoms. The molecule has 0 bridgehead atoms. The van der Waals surface area contributed by atoms with E-state index in [1.54, 1.807) is 0 Å². The fraction of sp³-hybridized carbons (Fsp3) is 0.250. The third-order valence-electron chi connectivity index (χ3n) is 4.04. The molecular formula is C20H23N3OS. The van der Waals surface area contributed by atoms with E-state index in [2.05, 4.69) is 41.0 Å². The Hall–Kier alpha value is -2.40. The predicted molar refractivity (Wildman–Crippen MR) is 106 cm³/mol. The lowest BCUT2D eigenvalue weighted by molar-refractivity contribution is 0.0943. The number of carbonyl (C=O) groups is 1. The van der Waals surface area contributed by atoms with Crippen molar-refractivity contribution < 1.29 is 4.79 Å². The third kappa shape index (κ3) is 3.82. The minimum absolute atomic E-state index is 0.0461. The predicted octanol–water partition coefficient (Wildman–Crippen LogP) is 5.04. The zero-order chi connectivity index (χ0) is 18.0. The molecule has 0 atom stereocenters. The van der Waals surface area contributed by atoms with Gasteiger partial charge < -0.3 is 15.0 Å². The molecule has 4 nitrogen and oxygen atoms in total. The van der Waals surface area contributed by atoms with Gasteiger partial charge in [0.05, 0.1) is 11.2 Å². The molecule has 0 aliphatic carbocycles. The highest BCUT2D eigenvalue weighted by Crippen LogP contribution is 2.31. The van der Waals surface area contributed by atoms with Gasteiger partial charge in [0.2, 0.25) is 0 Å². The first kappa shape index (κ1) is 17.4. The van der Waals surface area contributed by atoms with Gasteiger partial charge in [0.1, 0.15) is 0 Å². The number of amides is 1. The van der Waals surface area contributed by atoms with Crippen molar-refractivity contribution in [3.8, 4) is 0 Å². The van der Waals surface area contributed by atoms with Crippen LogP contribution in [0.3, 0.4) is 0 Å². The van der Waals surface area contributed by atoms with Gasteiger partial charge in [0, 0.05) is 28.1 Å². The number of hydrogen-bond acceptors (Lipinski definition) is 3. The SMILES string of the molecule is Cc1ccc(NSc2cccc(C(=O)NC(C)C)c2)c2[nH]cc(C)c12. The molecule has 3 aromatic rings. The molecule has 3 rings (SSSR count). The highest BCUT2D eigenvalue weighted by molar-refractivity contribution is 8.00. The van der Waals surface area contributed by atoms with Crippen LogP contribution in [0.2, 0.25) is 0 Å². The van der Waals surface area contributed by atoms with E-state index in [1.165, 1.54) is 28.5 Å². The van der Waals surface area contributed by atoms with Gasteiger partial charge in [-0.3, -0.25) is 4.79 Å². The second kappa shape index (κ2) is 7.23. The average molecular weight is 353 g/mol. The van der Waals surface area contributed by atoms with E-state index >= 15 is 0 Å². The molecule has 0 aliphatic rings. The van der Waals surface area contributed by atoms with E-state index < -0.39 is 0 Å². The molecule has 0 spiro atoms. The van der Waals surface area contributed by atoms with Crippen LogP contribution >= 0.6 is 11.9 Å². The van der Waals surface area contributed by atoms with E-state index in [4.69, 9.17) is 0 Å². The van der Waals surface area contributed by atoms with Crippen LogP contribution < -0.4 is 10.0 Å². The van der Waals surface area contributed by atoms with Crippen molar-refractivity contribution in [2.24, 2.45) is 0 Å². The van der Waals surface area contributed by atoms with Gasteiger partial charge in [-0.15, -0.1) is 0 Å². The highest BCUT2D eigenvalue weighted by atomic mass is 32.2. The fourth-order valence-corrected chi connectivity index (χ4v) is 3.59. The molecule has 0 aliphatic heterocycles. The number of benzene rings is 2. The zero-order valence-electron chi connectivity index (χ0n) is 14.9. The molecule has 1 heterocycles. The summed E-state index contributed by atoms with van der Waals surface area (Å²) in [6.07, 6.45) is 2.03. The lowest BCUT2D eigenvalue weighted by Gasteiger charge is -2.11. The van der Waals surface area contributed by atoms with Crippen molar-refractivity contribution in [1.82, 2.24) is 10.3 Å². The van der Waals surface area contributed by atoms with E-state index in [0.29, 0.717) is 5.56 Å². The molecule has 0 radical (unpaired) electrons. The lowest BCUT2D eigenvalue weighted by atomic mass is 10.1. The van der Waals surface area contributed by atoms with Crippen LogP contribution in [0, 0.1) is 13.8 Å². The lowest BCUT2D eigenvalue weighted by Crippen LogP contribution is -2.30. The maximum Gasteiger partial charge on any atom is 0.251 e. The van der Waals surface area contributed by atoms with Crippen molar-refractivity contribution >= 4 is 34.4 Å². The molecule has 0 fully saturated rings. The Kier molecular flexibility index (Phi) is 5.04. The summed E-state index contributed by atoms with van der Waals surface area (Å²) in [4.78, 5) is 16.5. The molecule has 5 heteroatoms. The monoisotopic (exact) mass is 353 g/mol. The molecule has 130 valence electrons. The van der Waals surface area contributed by atoms with Gasteiger partial charge in [-0.2, -0.15) is 0 Å². The summed E-state index contributed by atoms with van der Waals surface area (Å²) in [5, 5.41) is 4.18. The molecule has 2 aromatic carbocycles. The quantitative estimate of drug-likeness (QED) is 0.563. The Labute approximate surface area is 152 Å². The first-order valence-corrected chi connectivity index (χ1v) is 9.18. The summed E-state index contributed by atoms with van der Waals surface area (Å²) in [5.74, 6) is -0.0461. The summed E-state index contributed by atoms with van der Waals surface area (Å²) < 4.78 is 3.41. The summed E-state index contributed by atoms with van der Waals surface area (Å²) >= 11 is 1.50. The van der Waals surface area contributed by atoms with E-state index in [0.717, 1.165) is 16.1 Å². The van der Waals surface area contributed by atoms with Gasteiger partial charge in [0.15, 0.2) is 0 Å². The van der Waals surface area contributed by atoms with Crippen molar-refractivity contribution in [2.45, 2.75) is 38.6 Å². The van der Waals surface area contributed by atoms with Gasteiger partial charge in [-0.25, -0.2) is 0 Å². The first-order chi connectivity index (χ1) is 12.0. The van der Waals surface area contributed by atoms with Crippen LogP contribution in [0.1, 0.15) is 35.3 Å². The van der Waals surface area contributed by atoms with E-state index in [9.17, 15) is 4.79 Å². The number of H-pyrrole nitrogens is 1. The van der Waals surface area contributed by atoms with Gasteiger partial charge >= 0.3 is 0 Å². The molecule has 1 amide bonds. The van der Waals surface area contributed by atoms with Crippen LogP contribution in [0.15, 0.2) is 47.5 Å². The maximum absolute atomic E-state index is 12.2. The number of fused-ring (bicyclic) bond motifs is 1. The molecule has 0 unspecified atom stereocenters. The largest absolute Gasteiger partial charge is 0.359 e. The Morgan fingerprint density at radius 3 is 2.68 bits per heavy atom. The number of rotatable bonds is 5. The van der Waals surface area contributed by atoms with Crippen LogP contribution in [0.4, 0.5) is 5.69 Å². The topological polar surface area (TPSA) is 56.9 Å². The molecule has 3 N–H and O–H groups in total. The van der Waals surface area contributed by atoms with Crippen molar-refractivity contribution in [1.29, 1.82) is 0 Å². The number of carbonyl (C=O) groups excluding carboxylic acids is 1. The summed E-state index contributed by atoms with van der Waals surface area (Å²) in [6, 6.07) is 12.0. The van der Waals surface area contributed by atoms with Crippen LogP contribution in [-0.2, 0) is 0 Å². The van der Waals surface area contributed by atoms with E-state index in [-0.39, 0.29) is 11.9 Å².